The second-order valence-corrected chi connectivity index (χ2v) is 9.44. The van der Waals surface area contributed by atoms with Crippen molar-refractivity contribution in [3.8, 4) is 5.69 Å². The second-order valence-electron chi connectivity index (χ2n) is 7.50. The molecule has 2 aromatic heterocycles. The standard InChI is InChI=1S/C22H23N5O4S/c1-15-11-20(16(2)27(15)18-6-4-8-23-13-18)22(29)25-17-5-3-7-19(12-17)32(30,31)26-10-9-24-21(28)14-26/h3-8,11-13H,9-10,14H2,1-2H3,(H,24,28)(H,25,29). The second kappa shape index (κ2) is 8.56. The molecule has 1 fully saturated rings. The summed E-state index contributed by atoms with van der Waals surface area (Å²) >= 11 is 0. The Labute approximate surface area is 186 Å². The van der Waals surface area contributed by atoms with E-state index in [1.165, 1.54) is 12.1 Å². The summed E-state index contributed by atoms with van der Waals surface area (Å²) in [5.41, 5.74) is 3.30. The van der Waals surface area contributed by atoms with E-state index in [-0.39, 0.29) is 36.3 Å². The Morgan fingerprint density at radius 1 is 1.16 bits per heavy atom. The highest BCUT2D eigenvalue weighted by molar-refractivity contribution is 7.89. The number of aryl methyl sites for hydroxylation is 1. The van der Waals surface area contributed by atoms with Crippen molar-refractivity contribution in [3.63, 3.8) is 0 Å². The predicted molar refractivity (Wildman–Crippen MR) is 119 cm³/mol. The fourth-order valence-electron chi connectivity index (χ4n) is 3.78. The number of aromatic nitrogens is 2. The number of carbonyl (C=O) groups is 2. The van der Waals surface area contributed by atoms with E-state index in [9.17, 15) is 18.0 Å². The molecule has 0 bridgehead atoms. The number of carbonyl (C=O) groups excluding carboxylic acids is 2. The molecule has 4 rings (SSSR count). The van der Waals surface area contributed by atoms with Crippen LogP contribution in [-0.4, -0.2) is 53.7 Å². The first-order chi connectivity index (χ1) is 15.3. The number of nitrogens with one attached hydrogen (secondary N) is 2. The lowest BCUT2D eigenvalue weighted by Gasteiger charge is -2.26. The summed E-state index contributed by atoms with van der Waals surface area (Å²) in [6.07, 6.45) is 3.40. The number of hydrogen-bond acceptors (Lipinski definition) is 5. The Hall–Kier alpha value is -3.50. The largest absolute Gasteiger partial charge is 0.354 e. The molecule has 1 saturated heterocycles. The summed E-state index contributed by atoms with van der Waals surface area (Å²) in [5.74, 6) is -0.687. The van der Waals surface area contributed by atoms with Crippen LogP contribution in [0.25, 0.3) is 5.69 Å². The number of piperazine rings is 1. The highest BCUT2D eigenvalue weighted by Gasteiger charge is 2.29. The van der Waals surface area contributed by atoms with E-state index in [1.54, 1.807) is 30.6 Å². The van der Waals surface area contributed by atoms with Gasteiger partial charge in [-0.3, -0.25) is 14.6 Å². The van der Waals surface area contributed by atoms with Gasteiger partial charge in [0.05, 0.1) is 28.9 Å². The third-order valence-electron chi connectivity index (χ3n) is 5.31. The zero-order valence-corrected chi connectivity index (χ0v) is 18.5. The summed E-state index contributed by atoms with van der Waals surface area (Å²) in [7, 11) is -3.85. The number of hydrogen-bond donors (Lipinski definition) is 2. The topological polar surface area (TPSA) is 113 Å². The fraction of sp³-hybridized carbons (Fsp3) is 0.227. The molecule has 3 heterocycles. The molecule has 1 aromatic carbocycles. The number of amides is 2. The highest BCUT2D eigenvalue weighted by Crippen LogP contribution is 2.23. The van der Waals surface area contributed by atoms with Crippen molar-refractivity contribution in [1.29, 1.82) is 0 Å². The van der Waals surface area contributed by atoms with Gasteiger partial charge in [-0.25, -0.2) is 8.42 Å². The lowest BCUT2D eigenvalue weighted by molar-refractivity contribution is -0.122. The molecule has 0 unspecified atom stereocenters. The maximum atomic E-state index is 13.0. The van der Waals surface area contributed by atoms with Crippen LogP contribution in [0.5, 0.6) is 0 Å². The average molecular weight is 454 g/mol. The van der Waals surface area contributed by atoms with E-state index >= 15 is 0 Å². The SMILES string of the molecule is Cc1cc(C(=O)Nc2cccc(S(=O)(=O)N3CCNC(=O)C3)c2)c(C)n1-c1cccnc1. The zero-order chi connectivity index (χ0) is 22.9. The molecule has 32 heavy (non-hydrogen) atoms. The Bertz CT molecular complexity index is 1280. The van der Waals surface area contributed by atoms with Gasteiger partial charge in [-0.1, -0.05) is 6.07 Å². The molecule has 10 heteroatoms. The van der Waals surface area contributed by atoms with Gasteiger partial charge >= 0.3 is 0 Å². The van der Waals surface area contributed by atoms with Crippen LogP contribution < -0.4 is 10.6 Å². The number of rotatable bonds is 5. The van der Waals surface area contributed by atoms with Gasteiger partial charge in [0.15, 0.2) is 0 Å². The monoisotopic (exact) mass is 453 g/mol. The number of pyridine rings is 1. The van der Waals surface area contributed by atoms with Crippen LogP contribution in [0.4, 0.5) is 5.69 Å². The minimum atomic E-state index is -3.85. The Morgan fingerprint density at radius 2 is 1.97 bits per heavy atom. The van der Waals surface area contributed by atoms with Crippen LogP contribution in [0, 0.1) is 13.8 Å². The van der Waals surface area contributed by atoms with Gasteiger partial charge in [0.25, 0.3) is 5.91 Å². The molecule has 0 saturated carbocycles. The van der Waals surface area contributed by atoms with Gasteiger partial charge in [-0.05, 0) is 50.2 Å². The van der Waals surface area contributed by atoms with Crippen molar-refractivity contribution in [2.75, 3.05) is 25.0 Å². The zero-order valence-electron chi connectivity index (χ0n) is 17.7. The summed E-state index contributed by atoms with van der Waals surface area (Å²) in [5, 5.41) is 5.39. The van der Waals surface area contributed by atoms with Gasteiger partial charge < -0.3 is 15.2 Å². The average Bonchev–Trinajstić information content (AvgIpc) is 3.08. The van der Waals surface area contributed by atoms with E-state index in [4.69, 9.17) is 0 Å². The van der Waals surface area contributed by atoms with E-state index in [0.29, 0.717) is 11.3 Å². The molecular weight excluding hydrogens is 430 g/mol. The van der Waals surface area contributed by atoms with E-state index in [1.807, 2.05) is 30.5 Å². The Balaban J connectivity index is 1.58. The first-order valence-electron chi connectivity index (χ1n) is 10.0. The van der Waals surface area contributed by atoms with Gasteiger partial charge in [0.2, 0.25) is 15.9 Å². The molecule has 0 spiro atoms. The van der Waals surface area contributed by atoms with Gasteiger partial charge in [-0.2, -0.15) is 4.31 Å². The maximum absolute atomic E-state index is 13.0. The number of anilines is 1. The third-order valence-corrected chi connectivity index (χ3v) is 7.15. The minimum absolute atomic E-state index is 0.0193. The van der Waals surface area contributed by atoms with E-state index in [2.05, 4.69) is 15.6 Å². The lowest BCUT2D eigenvalue weighted by Crippen LogP contribution is -2.49. The van der Waals surface area contributed by atoms with Crippen molar-refractivity contribution < 1.29 is 18.0 Å². The molecule has 166 valence electrons. The molecule has 0 atom stereocenters. The highest BCUT2D eigenvalue weighted by atomic mass is 32.2. The molecule has 3 aromatic rings. The summed E-state index contributed by atoms with van der Waals surface area (Å²) in [6.45, 7) is 3.99. The first-order valence-corrected chi connectivity index (χ1v) is 11.5. The van der Waals surface area contributed by atoms with Crippen LogP contribution >= 0.6 is 0 Å². The molecular formula is C22H23N5O4S. The Kier molecular flexibility index (Phi) is 5.81. The number of sulfonamides is 1. The third kappa shape index (κ3) is 4.14. The van der Waals surface area contributed by atoms with Crippen LogP contribution in [0.2, 0.25) is 0 Å². The van der Waals surface area contributed by atoms with Crippen LogP contribution in [0.3, 0.4) is 0 Å². The first kappa shape index (κ1) is 21.7. The number of benzene rings is 1. The normalized spacial score (nSPS) is 14.8. The van der Waals surface area contributed by atoms with Crippen LogP contribution in [0.15, 0.2) is 59.8 Å². The number of nitrogens with zero attached hydrogens (tertiary/aromatic N) is 3. The molecule has 2 amide bonds. The quantitative estimate of drug-likeness (QED) is 0.612. The van der Waals surface area contributed by atoms with Gasteiger partial charge in [0, 0.05) is 36.4 Å². The molecule has 0 aliphatic carbocycles. The summed E-state index contributed by atoms with van der Waals surface area (Å²) in [4.78, 5) is 28.7. The van der Waals surface area contributed by atoms with Crippen molar-refractivity contribution in [2.45, 2.75) is 18.7 Å². The van der Waals surface area contributed by atoms with Gasteiger partial charge in [-0.15, -0.1) is 0 Å². The molecule has 9 nitrogen and oxygen atoms in total. The van der Waals surface area contributed by atoms with Crippen molar-refractivity contribution in [2.24, 2.45) is 0 Å². The predicted octanol–water partition coefficient (Wildman–Crippen LogP) is 1.86. The van der Waals surface area contributed by atoms with Gasteiger partial charge in [0.1, 0.15) is 0 Å². The maximum Gasteiger partial charge on any atom is 0.257 e. The van der Waals surface area contributed by atoms with Crippen molar-refractivity contribution in [1.82, 2.24) is 19.2 Å². The molecule has 1 aliphatic heterocycles. The fourth-order valence-corrected chi connectivity index (χ4v) is 5.22. The smallest absolute Gasteiger partial charge is 0.257 e. The van der Waals surface area contributed by atoms with Crippen molar-refractivity contribution in [3.05, 3.63) is 71.8 Å². The molecule has 0 radical (unpaired) electrons. The Morgan fingerprint density at radius 3 is 2.69 bits per heavy atom. The lowest BCUT2D eigenvalue weighted by atomic mass is 10.2. The molecule has 1 aliphatic rings. The molecule has 2 N–H and O–H groups in total. The van der Waals surface area contributed by atoms with Crippen LogP contribution in [0.1, 0.15) is 21.7 Å². The van der Waals surface area contributed by atoms with E-state index in [0.717, 1.165) is 21.4 Å². The summed E-state index contributed by atoms with van der Waals surface area (Å²) in [6, 6.07) is 11.6. The minimum Gasteiger partial charge on any atom is -0.354 e. The van der Waals surface area contributed by atoms with Crippen molar-refractivity contribution >= 4 is 27.5 Å². The van der Waals surface area contributed by atoms with Crippen LogP contribution in [-0.2, 0) is 14.8 Å². The van der Waals surface area contributed by atoms with E-state index < -0.39 is 10.0 Å². The summed E-state index contributed by atoms with van der Waals surface area (Å²) < 4.78 is 28.9.